The molecule has 0 aliphatic carbocycles. The molecule has 2 rings (SSSR count). The molecule has 0 fully saturated rings. The van der Waals surface area contributed by atoms with Crippen LogP contribution >= 0.6 is 0 Å². The molecule has 1 aliphatic rings. The normalized spacial score (nSPS) is 13.2. The largest absolute Gasteiger partial charge is 0.505 e. The zero-order valence-corrected chi connectivity index (χ0v) is 7.83. The van der Waals surface area contributed by atoms with E-state index in [1.54, 1.807) is 0 Å². The first-order valence-electron chi connectivity index (χ1n) is 4.35. The van der Waals surface area contributed by atoms with Gasteiger partial charge in [-0.15, -0.1) is 0 Å². The van der Waals surface area contributed by atoms with E-state index in [9.17, 15) is 9.50 Å². The summed E-state index contributed by atoms with van der Waals surface area (Å²) in [5, 5.41) is 9.48. The van der Waals surface area contributed by atoms with Gasteiger partial charge in [0.15, 0.2) is 11.5 Å². The average Bonchev–Trinajstić information content (AvgIpc) is 2.69. The van der Waals surface area contributed by atoms with Crippen molar-refractivity contribution in [2.24, 2.45) is 5.90 Å². The molecule has 0 saturated carbocycles. The average molecular weight is 215 g/mol. The van der Waals surface area contributed by atoms with Gasteiger partial charge in [0, 0.05) is 12.0 Å². The second-order valence-electron chi connectivity index (χ2n) is 3.05. The first kappa shape index (κ1) is 10.0. The zero-order chi connectivity index (χ0) is 10.8. The first-order valence-corrected chi connectivity index (χ1v) is 4.35. The van der Waals surface area contributed by atoms with Crippen LogP contribution in [0.5, 0.6) is 17.2 Å². The van der Waals surface area contributed by atoms with Gasteiger partial charge in [0.25, 0.3) is 0 Å². The van der Waals surface area contributed by atoms with Crippen LogP contribution in [0.1, 0.15) is 5.56 Å². The number of halogens is 1. The van der Waals surface area contributed by atoms with Gasteiger partial charge in [-0.2, -0.15) is 4.39 Å². The number of phenolic OH excluding ortho intramolecular Hbond substituents is 1. The van der Waals surface area contributed by atoms with E-state index in [2.05, 4.69) is 4.84 Å². The Morgan fingerprint density at radius 3 is 3.07 bits per heavy atom. The van der Waals surface area contributed by atoms with Crippen molar-refractivity contribution in [1.82, 2.24) is 0 Å². The Bertz CT molecular complexity index is 383. The molecule has 1 aliphatic heterocycles. The molecule has 0 spiro atoms. The van der Waals surface area contributed by atoms with E-state index in [1.165, 1.54) is 6.07 Å². The van der Waals surface area contributed by atoms with Crippen LogP contribution in [0.4, 0.5) is 4.39 Å². The van der Waals surface area contributed by atoms with Crippen LogP contribution in [0.15, 0.2) is 6.07 Å². The molecule has 3 N–H and O–H groups in total. The van der Waals surface area contributed by atoms with Crippen molar-refractivity contribution in [3.63, 3.8) is 0 Å². The maximum Gasteiger partial charge on any atom is 0.231 e. The Kier molecular flexibility index (Phi) is 2.61. The highest BCUT2D eigenvalue weighted by atomic mass is 19.1. The van der Waals surface area contributed by atoms with Crippen molar-refractivity contribution in [3.05, 3.63) is 17.4 Å². The molecular weight excluding hydrogens is 205 g/mol. The van der Waals surface area contributed by atoms with Gasteiger partial charge < -0.3 is 19.4 Å². The minimum absolute atomic E-state index is 0.0392. The van der Waals surface area contributed by atoms with E-state index in [-0.39, 0.29) is 24.9 Å². The maximum absolute atomic E-state index is 13.5. The molecule has 1 aromatic rings. The number of rotatable bonds is 3. The van der Waals surface area contributed by atoms with Crippen LogP contribution in [0.2, 0.25) is 0 Å². The number of fused-ring (bicyclic) bond motifs is 1. The van der Waals surface area contributed by atoms with Crippen LogP contribution in [-0.2, 0) is 11.3 Å². The Balaban J connectivity index is 2.36. The Morgan fingerprint density at radius 1 is 1.53 bits per heavy atom. The number of hydrogen-bond donors (Lipinski definition) is 2. The van der Waals surface area contributed by atoms with Gasteiger partial charge in [-0.1, -0.05) is 0 Å². The van der Waals surface area contributed by atoms with Crippen LogP contribution in [0.3, 0.4) is 0 Å². The second kappa shape index (κ2) is 3.92. The lowest BCUT2D eigenvalue weighted by atomic mass is 10.1. The molecule has 1 aromatic carbocycles. The second-order valence-corrected chi connectivity index (χ2v) is 3.05. The van der Waals surface area contributed by atoms with E-state index in [0.29, 0.717) is 12.0 Å². The monoisotopic (exact) mass is 215 g/mol. The molecule has 1 heterocycles. The molecule has 0 saturated heterocycles. The lowest BCUT2D eigenvalue weighted by molar-refractivity contribution is 0.140. The van der Waals surface area contributed by atoms with E-state index >= 15 is 0 Å². The molecule has 0 atom stereocenters. The minimum atomic E-state index is -0.808. The minimum Gasteiger partial charge on any atom is -0.505 e. The maximum atomic E-state index is 13.5. The molecule has 5 nitrogen and oxygen atoms in total. The summed E-state index contributed by atoms with van der Waals surface area (Å²) in [6, 6.07) is 1.51. The third kappa shape index (κ3) is 1.69. The lowest BCUT2D eigenvalue weighted by Crippen LogP contribution is -2.04. The Hall–Kier alpha value is -1.53. The van der Waals surface area contributed by atoms with Crippen molar-refractivity contribution in [2.75, 3.05) is 13.4 Å². The summed E-state index contributed by atoms with van der Waals surface area (Å²) in [7, 11) is 0. The fourth-order valence-electron chi connectivity index (χ4n) is 1.40. The first-order chi connectivity index (χ1) is 7.24. The van der Waals surface area contributed by atoms with Crippen LogP contribution in [0.25, 0.3) is 0 Å². The Morgan fingerprint density at radius 2 is 2.33 bits per heavy atom. The quantitative estimate of drug-likeness (QED) is 0.726. The summed E-state index contributed by atoms with van der Waals surface area (Å²) in [5.41, 5.74) is 0.377. The van der Waals surface area contributed by atoms with Crippen molar-refractivity contribution < 1.29 is 23.8 Å². The van der Waals surface area contributed by atoms with Gasteiger partial charge in [-0.3, -0.25) is 0 Å². The smallest absolute Gasteiger partial charge is 0.231 e. The molecule has 0 radical (unpaired) electrons. The molecule has 82 valence electrons. The highest BCUT2D eigenvalue weighted by molar-refractivity contribution is 5.52. The number of phenols is 1. The Labute approximate surface area is 85.1 Å². The molecule has 0 bridgehead atoms. The van der Waals surface area contributed by atoms with Gasteiger partial charge in [-0.25, -0.2) is 5.90 Å². The molecule has 0 amide bonds. The predicted molar refractivity (Wildman–Crippen MR) is 48.0 cm³/mol. The van der Waals surface area contributed by atoms with Gasteiger partial charge in [0.1, 0.15) is 0 Å². The van der Waals surface area contributed by atoms with Crippen molar-refractivity contribution in [2.45, 2.75) is 6.42 Å². The number of hydrogen-bond acceptors (Lipinski definition) is 5. The fourth-order valence-corrected chi connectivity index (χ4v) is 1.40. The molecule has 0 unspecified atom stereocenters. The fraction of sp³-hybridized carbons (Fsp3) is 0.333. The molecule has 0 aromatic heterocycles. The van der Waals surface area contributed by atoms with Crippen LogP contribution in [0, 0.1) is 5.82 Å². The standard InChI is InChI=1S/C9H10FNO4/c10-7-8(12)5(1-2-15-11)3-6-9(7)14-4-13-6/h3,12H,1-2,4,11H2. The topological polar surface area (TPSA) is 73.9 Å². The summed E-state index contributed by atoms with van der Waals surface area (Å²) in [5.74, 6) is 3.83. The number of aromatic hydroxyl groups is 1. The number of ether oxygens (including phenoxy) is 2. The van der Waals surface area contributed by atoms with Crippen LogP contribution in [-0.4, -0.2) is 18.5 Å². The van der Waals surface area contributed by atoms with Crippen LogP contribution < -0.4 is 15.4 Å². The third-order valence-corrected chi connectivity index (χ3v) is 2.15. The number of nitrogens with two attached hydrogens (primary N) is 1. The van der Waals surface area contributed by atoms with Gasteiger partial charge in [0.05, 0.1) is 6.61 Å². The summed E-state index contributed by atoms with van der Waals surface area (Å²) in [4.78, 5) is 4.35. The lowest BCUT2D eigenvalue weighted by Gasteiger charge is -2.06. The van der Waals surface area contributed by atoms with Crippen molar-refractivity contribution >= 4 is 0 Å². The predicted octanol–water partition coefficient (Wildman–Crippen LogP) is 0.693. The van der Waals surface area contributed by atoms with Gasteiger partial charge in [-0.05, 0) is 6.07 Å². The van der Waals surface area contributed by atoms with Crippen molar-refractivity contribution in [3.8, 4) is 17.2 Å². The number of benzene rings is 1. The SMILES string of the molecule is NOCCc1cc2c(c(F)c1O)OCO2. The van der Waals surface area contributed by atoms with E-state index in [0.717, 1.165) is 0 Å². The highest BCUT2D eigenvalue weighted by Gasteiger charge is 2.24. The summed E-state index contributed by atoms with van der Waals surface area (Å²) >= 11 is 0. The zero-order valence-electron chi connectivity index (χ0n) is 7.83. The summed E-state index contributed by atoms with van der Waals surface area (Å²) in [6.45, 7) is 0.148. The van der Waals surface area contributed by atoms with E-state index in [1.807, 2.05) is 0 Å². The molecular formula is C9H10FNO4. The summed E-state index contributed by atoms with van der Waals surface area (Å²) < 4.78 is 23.3. The van der Waals surface area contributed by atoms with Gasteiger partial charge >= 0.3 is 0 Å². The van der Waals surface area contributed by atoms with Gasteiger partial charge in [0.2, 0.25) is 18.4 Å². The molecule has 6 heteroatoms. The summed E-state index contributed by atoms with van der Waals surface area (Å²) in [6.07, 6.45) is 0.301. The van der Waals surface area contributed by atoms with Crippen molar-refractivity contribution in [1.29, 1.82) is 0 Å². The van der Waals surface area contributed by atoms with E-state index < -0.39 is 11.6 Å². The highest BCUT2D eigenvalue weighted by Crippen LogP contribution is 2.41. The molecule has 15 heavy (non-hydrogen) atoms. The van der Waals surface area contributed by atoms with E-state index in [4.69, 9.17) is 15.4 Å². The third-order valence-electron chi connectivity index (χ3n) is 2.15.